The van der Waals surface area contributed by atoms with Gasteiger partial charge in [-0.15, -0.1) is 0 Å². The second kappa shape index (κ2) is 9.89. The number of furan rings is 1. The van der Waals surface area contributed by atoms with Gasteiger partial charge in [-0.25, -0.2) is 14.8 Å². The van der Waals surface area contributed by atoms with Crippen molar-refractivity contribution < 1.29 is 13.9 Å². The summed E-state index contributed by atoms with van der Waals surface area (Å²) in [5, 5.41) is 7.27. The lowest BCUT2D eigenvalue weighted by Crippen LogP contribution is -2.54. The predicted molar refractivity (Wildman–Crippen MR) is 151 cm³/mol. The summed E-state index contributed by atoms with van der Waals surface area (Å²) in [6.07, 6.45) is 3.01. The van der Waals surface area contributed by atoms with E-state index in [2.05, 4.69) is 44.6 Å². The van der Waals surface area contributed by atoms with Crippen molar-refractivity contribution in [1.82, 2.24) is 15.3 Å². The van der Waals surface area contributed by atoms with Gasteiger partial charge in [-0.2, -0.15) is 0 Å². The molecule has 1 amide bonds. The van der Waals surface area contributed by atoms with Gasteiger partial charge in [0, 0.05) is 41.6 Å². The number of amides is 1. The van der Waals surface area contributed by atoms with E-state index >= 15 is 0 Å². The molecular formula is C29H34N6O3. The molecule has 1 aliphatic rings. The first-order valence-electron chi connectivity index (χ1n) is 12.8. The maximum absolute atomic E-state index is 12.3. The lowest BCUT2D eigenvalue weighted by molar-refractivity contribution is 0.0448. The summed E-state index contributed by atoms with van der Waals surface area (Å²) in [6, 6.07) is 17.6. The second-order valence-corrected chi connectivity index (χ2v) is 11.0. The Morgan fingerprint density at radius 2 is 1.84 bits per heavy atom. The number of hydrogen-bond acceptors (Lipinski definition) is 8. The van der Waals surface area contributed by atoms with Crippen LogP contribution in [0.3, 0.4) is 0 Å². The molecule has 9 heteroatoms. The minimum absolute atomic E-state index is 0.283. The summed E-state index contributed by atoms with van der Waals surface area (Å²) in [5.74, 6) is 1.11. The van der Waals surface area contributed by atoms with Gasteiger partial charge in [-0.3, -0.25) is 0 Å². The molecule has 2 aromatic heterocycles. The second-order valence-electron chi connectivity index (χ2n) is 11.0. The van der Waals surface area contributed by atoms with Crippen LogP contribution in [0.25, 0.3) is 22.4 Å². The summed E-state index contributed by atoms with van der Waals surface area (Å²) >= 11 is 0. The molecule has 0 atom stereocenters. The highest BCUT2D eigenvalue weighted by molar-refractivity contribution is 5.90. The topological polar surface area (TPSA) is 119 Å². The van der Waals surface area contributed by atoms with Crippen LogP contribution in [-0.4, -0.2) is 40.3 Å². The molecule has 3 heterocycles. The van der Waals surface area contributed by atoms with E-state index in [1.165, 1.54) is 0 Å². The number of nitrogens with zero attached hydrogens (tertiary/aromatic N) is 3. The Morgan fingerprint density at radius 1 is 1.11 bits per heavy atom. The molecule has 2 aromatic carbocycles. The van der Waals surface area contributed by atoms with Crippen molar-refractivity contribution in [2.45, 2.75) is 51.7 Å². The highest BCUT2D eigenvalue weighted by Crippen LogP contribution is 2.31. The minimum atomic E-state index is -0.509. The third kappa shape index (κ3) is 5.82. The molecule has 1 aliphatic heterocycles. The SMILES string of the molecule is CC1(NC(=O)OC(C)(C)C)CCN(c2ccc(Nc3nccc(-c4cc5cccc(N)c5o4)n3)cc2)CC1. The number of carbonyl (C=O) groups excluding carboxylic acids is 1. The zero-order valence-corrected chi connectivity index (χ0v) is 22.2. The summed E-state index contributed by atoms with van der Waals surface area (Å²) in [5.41, 5.74) is 9.18. The maximum atomic E-state index is 12.3. The molecular weight excluding hydrogens is 480 g/mol. The normalized spacial score (nSPS) is 15.3. The smallest absolute Gasteiger partial charge is 0.408 e. The van der Waals surface area contributed by atoms with Crippen LogP contribution in [0.1, 0.15) is 40.5 Å². The van der Waals surface area contributed by atoms with Gasteiger partial charge >= 0.3 is 6.09 Å². The number of aromatic nitrogens is 2. The van der Waals surface area contributed by atoms with E-state index in [-0.39, 0.29) is 11.6 Å². The third-order valence-electron chi connectivity index (χ3n) is 6.64. The molecule has 38 heavy (non-hydrogen) atoms. The van der Waals surface area contributed by atoms with E-state index in [0.29, 0.717) is 28.7 Å². The van der Waals surface area contributed by atoms with Crippen LogP contribution in [0.15, 0.2) is 65.2 Å². The van der Waals surface area contributed by atoms with E-state index < -0.39 is 5.60 Å². The molecule has 198 valence electrons. The Balaban J connectivity index is 1.20. The number of hydrogen-bond donors (Lipinski definition) is 3. The molecule has 0 aliphatic carbocycles. The summed E-state index contributed by atoms with van der Waals surface area (Å²) in [7, 11) is 0. The first-order valence-corrected chi connectivity index (χ1v) is 12.8. The number of nitrogen functional groups attached to an aromatic ring is 1. The number of fused-ring (bicyclic) bond motifs is 1. The largest absolute Gasteiger partial charge is 0.452 e. The van der Waals surface area contributed by atoms with Gasteiger partial charge in [-0.1, -0.05) is 12.1 Å². The molecule has 1 saturated heterocycles. The fourth-order valence-electron chi connectivity index (χ4n) is 4.59. The van der Waals surface area contributed by atoms with Gasteiger partial charge in [0.25, 0.3) is 0 Å². The van der Waals surface area contributed by atoms with E-state index in [1.807, 2.05) is 63.2 Å². The quantitative estimate of drug-likeness (QED) is 0.273. The molecule has 0 saturated carbocycles. The predicted octanol–water partition coefficient (Wildman–Crippen LogP) is 6.10. The number of alkyl carbamates (subject to hydrolysis) is 1. The monoisotopic (exact) mass is 514 g/mol. The molecule has 0 bridgehead atoms. The Bertz CT molecular complexity index is 1430. The van der Waals surface area contributed by atoms with Gasteiger partial charge < -0.3 is 30.4 Å². The van der Waals surface area contributed by atoms with Crippen LogP contribution in [0.4, 0.5) is 27.8 Å². The number of piperidine rings is 1. The van der Waals surface area contributed by atoms with E-state index in [0.717, 1.165) is 42.7 Å². The van der Waals surface area contributed by atoms with Crippen LogP contribution >= 0.6 is 0 Å². The lowest BCUT2D eigenvalue weighted by atomic mass is 9.89. The number of rotatable bonds is 5. The Labute approximate surface area is 222 Å². The van der Waals surface area contributed by atoms with Gasteiger partial charge in [-0.05, 0) is 83.0 Å². The average molecular weight is 515 g/mol. The van der Waals surface area contributed by atoms with Crippen molar-refractivity contribution in [3.8, 4) is 11.5 Å². The fraction of sp³-hybridized carbons (Fsp3) is 0.345. The van der Waals surface area contributed by atoms with Gasteiger partial charge in [0.05, 0.1) is 5.69 Å². The van der Waals surface area contributed by atoms with Crippen LogP contribution in [0, 0.1) is 0 Å². The molecule has 0 unspecified atom stereocenters. The molecule has 4 N–H and O–H groups in total. The number of nitrogens with one attached hydrogen (secondary N) is 2. The Morgan fingerprint density at radius 3 is 2.53 bits per heavy atom. The molecule has 9 nitrogen and oxygen atoms in total. The van der Waals surface area contributed by atoms with Crippen LogP contribution in [0.5, 0.6) is 0 Å². The van der Waals surface area contributed by atoms with Crippen molar-refractivity contribution in [3.05, 3.63) is 60.8 Å². The van der Waals surface area contributed by atoms with Gasteiger partial charge in [0.15, 0.2) is 11.3 Å². The minimum Gasteiger partial charge on any atom is -0.452 e. The summed E-state index contributed by atoms with van der Waals surface area (Å²) < 4.78 is 11.4. The first kappa shape index (κ1) is 25.4. The maximum Gasteiger partial charge on any atom is 0.408 e. The van der Waals surface area contributed by atoms with Crippen LogP contribution in [-0.2, 0) is 4.74 Å². The first-order chi connectivity index (χ1) is 18.1. The zero-order valence-electron chi connectivity index (χ0n) is 22.2. The van der Waals surface area contributed by atoms with Gasteiger partial charge in [0.1, 0.15) is 11.3 Å². The standard InChI is InChI=1S/C29H34N6O3/c1-28(2,3)38-27(36)34-29(4)13-16-35(17-14-29)21-10-8-20(9-11-21)32-26-31-15-12-23(33-26)24-18-19-6-5-7-22(30)25(19)37-24/h5-12,15,18H,13-14,16-17,30H2,1-4H3,(H,34,36)(H,31,32,33). The zero-order chi connectivity index (χ0) is 26.9. The van der Waals surface area contributed by atoms with Crippen LogP contribution < -0.4 is 21.3 Å². The molecule has 5 rings (SSSR count). The van der Waals surface area contributed by atoms with Crippen molar-refractivity contribution in [2.24, 2.45) is 0 Å². The third-order valence-corrected chi connectivity index (χ3v) is 6.64. The number of anilines is 4. The molecule has 0 radical (unpaired) electrons. The summed E-state index contributed by atoms with van der Waals surface area (Å²) in [4.78, 5) is 23.6. The van der Waals surface area contributed by atoms with E-state index in [1.54, 1.807) is 6.20 Å². The van der Waals surface area contributed by atoms with Crippen molar-refractivity contribution in [2.75, 3.05) is 29.0 Å². The Kier molecular flexibility index (Phi) is 6.60. The Hall–Kier alpha value is -4.27. The van der Waals surface area contributed by atoms with Crippen molar-refractivity contribution >= 4 is 40.1 Å². The van der Waals surface area contributed by atoms with Gasteiger partial charge in [0.2, 0.25) is 5.95 Å². The average Bonchev–Trinajstić information content (AvgIpc) is 3.30. The highest BCUT2D eigenvalue weighted by atomic mass is 16.6. The highest BCUT2D eigenvalue weighted by Gasteiger charge is 2.33. The number of carbonyl (C=O) groups is 1. The number of ether oxygens (including phenoxy) is 1. The molecule has 0 spiro atoms. The molecule has 1 fully saturated rings. The number of para-hydroxylation sites is 1. The van der Waals surface area contributed by atoms with Crippen molar-refractivity contribution in [3.63, 3.8) is 0 Å². The number of nitrogens with two attached hydrogens (primary N) is 1. The fourth-order valence-corrected chi connectivity index (χ4v) is 4.59. The van der Waals surface area contributed by atoms with E-state index in [4.69, 9.17) is 14.9 Å². The number of benzene rings is 2. The summed E-state index contributed by atoms with van der Waals surface area (Å²) in [6.45, 7) is 9.37. The van der Waals surface area contributed by atoms with E-state index in [9.17, 15) is 4.79 Å². The molecule has 4 aromatic rings. The lowest BCUT2D eigenvalue weighted by Gasteiger charge is -2.41. The van der Waals surface area contributed by atoms with Crippen LogP contribution in [0.2, 0.25) is 0 Å². The van der Waals surface area contributed by atoms with Crippen molar-refractivity contribution in [1.29, 1.82) is 0 Å².